The first-order valence-corrected chi connectivity index (χ1v) is 45.5. The molecule has 0 unspecified atom stereocenters. The summed E-state index contributed by atoms with van der Waals surface area (Å²) in [5.41, 5.74) is -9.55. The fraction of sp³-hybridized carbons (Fsp3) is 1.00. The molecule has 0 fully saturated rings. The molecule has 0 amide bonds. The van der Waals surface area contributed by atoms with E-state index in [1.165, 1.54) is 205 Å². The van der Waals surface area contributed by atoms with Gasteiger partial charge in [-0.3, -0.25) is 0 Å². The molecule has 0 heterocycles. The van der Waals surface area contributed by atoms with Crippen molar-refractivity contribution in [1.82, 2.24) is 0 Å². The first kappa shape index (κ1) is 90.2. The summed E-state index contributed by atoms with van der Waals surface area (Å²) in [5, 5.41) is 0. The van der Waals surface area contributed by atoms with Crippen LogP contribution in [0, 0.1) is 0 Å². The molecule has 0 atom stereocenters. The van der Waals surface area contributed by atoms with Crippen molar-refractivity contribution in [2.45, 2.75) is 312 Å². The Bertz CT molecular complexity index is 1070. The molecule has 0 aromatic rings. The maximum atomic E-state index is 5.56. The molecule has 0 aliphatic heterocycles. The maximum Gasteiger partial charge on any atom is 4.00 e. The van der Waals surface area contributed by atoms with Gasteiger partial charge in [-0.15, -0.1) is 0 Å². The van der Waals surface area contributed by atoms with Crippen molar-refractivity contribution < 1.29 is 36.2 Å². The minimum Gasteiger partial charge on any atom is -0.691 e. The van der Waals surface area contributed by atoms with Gasteiger partial charge in [0.25, 0.3) is 0 Å². The van der Waals surface area contributed by atoms with Crippen molar-refractivity contribution in [3.8, 4) is 0 Å². The van der Waals surface area contributed by atoms with E-state index in [1.807, 2.05) is 0 Å². The van der Waals surface area contributed by atoms with Crippen molar-refractivity contribution in [1.29, 1.82) is 0 Å². The summed E-state index contributed by atoms with van der Waals surface area (Å²) in [7, 11) is 0. The molecule has 0 rings (SSSR count). The average molecular weight is 1420 g/mol. The molecule has 21 heteroatoms. The third-order valence-corrected chi connectivity index (χ3v) is 21.0. The van der Waals surface area contributed by atoms with Crippen molar-refractivity contribution in [3.63, 3.8) is 0 Å². The summed E-state index contributed by atoms with van der Waals surface area (Å²) >= 11 is 41.8. The second-order valence-corrected chi connectivity index (χ2v) is 39.7. The summed E-state index contributed by atoms with van der Waals surface area (Å²) in [6.07, 6.45) is 48.8. The Hall–Kier alpha value is 4.48. The summed E-state index contributed by atoms with van der Waals surface area (Å²) in [6.45, 7) is 23.1. The van der Waals surface area contributed by atoms with Gasteiger partial charge in [-0.1, -0.05) is 308 Å². The largest absolute Gasteiger partial charge is 4.00 e. The van der Waals surface area contributed by atoms with Crippen LogP contribution in [-0.4, -0.2) is 76.8 Å². The van der Waals surface area contributed by atoms with Crippen LogP contribution < -0.4 is 0 Å². The number of rotatable bonds is 56. The first-order chi connectivity index (χ1) is 36.5. The molecular formula is C56H120O8P4S8Sn. The van der Waals surface area contributed by atoms with Gasteiger partial charge in [0.2, 0.25) is 0 Å². The van der Waals surface area contributed by atoms with Gasteiger partial charge in [-0.25, -0.2) is 0 Å². The van der Waals surface area contributed by atoms with Crippen LogP contribution in [0.25, 0.3) is 0 Å². The summed E-state index contributed by atoms with van der Waals surface area (Å²) in [5.74, 6) is 0. The molecule has 0 saturated heterocycles. The molecule has 0 aromatic carbocycles. The van der Waals surface area contributed by atoms with Crippen molar-refractivity contribution in [2.75, 3.05) is 52.9 Å². The minimum atomic E-state index is -2.39. The summed E-state index contributed by atoms with van der Waals surface area (Å²) < 4.78 is 44.4. The van der Waals surface area contributed by atoms with Gasteiger partial charge >= 0.3 is 23.9 Å². The van der Waals surface area contributed by atoms with Crippen LogP contribution in [0.4, 0.5) is 0 Å². The van der Waals surface area contributed by atoms with Gasteiger partial charge in [0, 0.05) is 0 Å². The quantitative estimate of drug-likeness (QED) is 0.0251. The maximum absolute atomic E-state index is 5.56. The Morgan fingerprint density at radius 1 is 0.195 bits per heavy atom. The predicted octanol–water partition coefficient (Wildman–Crippen LogP) is 22.5. The normalized spacial score (nSPS) is 11.8. The molecular weight excluding hydrogens is 1300 g/mol. The van der Waals surface area contributed by atoms with Crippen LogP contribution in [0.5, 0.6) is 0 Å². The standard InChI is InChI=1S/4C14H31O2PS2.Sn/c4*1-3-5-7-9-11-13-15-17(18,19)16-14-12-10-8-6-4-2;/h4*3-14H2,1-2H3,(H,18,19);/q;;;;+4/p-4. The van der Waals surface area contributed by atoms with Gasteiger partial charge in [-0.05, 0) is 51.4 Å². The molecule has 0 aromatic heterocycles. The van der Waals surface area contributed by atoms with Crippen LogP contribution in [-0.2, 0) is 132 Å². The second-order valence-electron chi connectivity index (χ2n) is 19.8. The molecule has 0 radical (unpaired) electrons. The van der Waals surface area contributed by atoms with Crippen molar-refractivity contribution in [2.24, 2.45) is 0 Å². The molecule has 0 bridgehead atoms. The third kappa shape index (κ3) is 84.7. The van der Waals surface area contributed by atoms with Gasteiger partial charge in [0.1, 0.15) is 0 Å². The fourth-order valence-corrected chi connectivity index (χ4v) is 13.9. The van der Waals surface area contributed by atoms with E-state index in [0.717, 1.165) is 51.4 Å². The topological polar surface area (TPSA) is 73.8 Å². The summed E-state index contributed by atoms with van der Waals surface area (Å²) in [4.78, 5) is 0. The SMILES string of the molecule is CCCCCCCOP(=S)([S-])OCCCCCCC.CCCCCCCOP(=S)([S-])OCCCCCCC.CCCCCCCOP(=S)([S-])OCCCCCCC.CCCCCCCOP(=S)([S-])OCCCCCCC.[Sn+4]. The van der Waals surface area contributed by atoms with Gasteiger partial charge in [-0.2, -0.15) is 0 Å². The van der Waals surface area contributed by atoms with E-state index in [0.29, 0.717) is 52.9 Å². The molecule has 0 aliphatic carbocycles. The van der Waals surface area contributed by atoms with Crippen molar-refractivity contribution in [3.05, 3.63) is 0 Å². The van der Waals surface area contributed by atoms with E-state index in [4.69, 9.17) is 132 Å². The molecule has 464 valence electrons. The molecule has 0 aliphatic rings. The van der Waals surface area contributed by atoms with Crippen LogP contribution in [0.3, 0.4) is 0 Å². The molecule has 0 saturated carbocycles. The van der Waals surface area contributed by atoms with Crippen LogP contribution in [0.15, 0.2) is 0 Å². The second kappa shape index (κ2) is 71.2. The van der Waals surface area contributed by atoms with Crippen LogP contribution >= 0.6 is 22.8 Å². The number of hydrogen-bond donors (Lipinski definition) is 0. The van der Waals surface area contributed by atoms with E-state index < -0.39 is 22.8 Å². The molecule has 0 N–H and O–H groups in total. The molecule has 8 nitrogen and oxygen atoms in total. The zero-order valence-corrected chi connectivity index (χ0v) is 63.7. The van der Waals surface area contributed by atoms with Crippen LogP contribution in [0.2, 0.25) is 0 Å². The van der Waals surface area contributed by atoms with Crippen LogP contribution in [0.1, 0.15) is 312 Å². The van der Waals surface area contributed by atoms with Gasteiger partial charge in [0.15, 0.2) is 0 Å². The average Bonchev–Trinajstić information content (AvgIpc) is 3.38. The Morgan fingerprint density at radius 2 is 0.286 bits per heavy atom. The van der Waals surface area contributed by atoms with E-state index in [-0.39, 0.29) is 23.9 Å². The number of hydrogen-bond acceptors (Lipinski definition) is 16. The Balaban J connectivity index is -0.000000298. The van der Waals surface area contributed by atoms with E-state index in [1.54, 1.807) is 0 Å². The Morgan fingerprint density at radius 3 is 0.377 bits per heavy atom. The monoisotopic (exact) mass is 1420 g/mol. The number of unbranched alkanes of at least 4 members (excludes halogenated alkanes) is 32. The van der Waals surface area contributed by atoms with E-state index in [2.05, 4.69) is 55.4 Å². The molecule has 0 spiro atoms. The zero-order chi connectivity index (χ0) is 57.6. The van der Waals surface area contributed by atoms with Crippen molar-refractivity contribution >= 4 is 143 Å². The Labute approximate surface area is 539 Å². The molecule has 77 heavy (non-hydrogen) atoms. The van der Waals surface area contributed by atoms with E-state index in [9.17, 15) is 0 Å². The Kier molecular flexibility index (Phi) is 83.5. The van der Waals surface area contributed by atoms with E-state index >= 15 is 0 Å². The smallest absolute Gasteiger partial charge is 0.691 e. The summed E-state index contributed by atoms with van der Waals surface area (Å²) in [6, 6.07) is 0. The van der Waals surface area contributed by atoms with Gasteiger partial charge in [0.05, 0.1) is 75.6 Å². The predicted molar refractivity (Wildman–Crippen MR) is 370 cm³/mol. The fourth-order valence-electron chi connectivity index (χ4n) is 7.20. The first-order valence-electron chi connectivity index (χ1n) is 30.9. The van der Waals surface area contributed by atoms with Gasteiger partial charge < -0.3 is 85.2 Å². The minimum absolute atomic E-state index is 0. The third-order valence-electron chi connectivity index (χ3n) is 12.0. The zero-order valence-electron chi connectivity index (χ0n) is 50.8.